The van der Waals surface area contributed by atoms with Crippen LogP contribution in [0.3, 0.4) is 0 Å². The molecule has 0 bridgehead atoms. The molecule has 0 spiro atoms. The molecule has 2 aromatic carbocycles. The number of aromatic nitrogens is 1. The van der Waals surface area contributed by atoms with Crippen LogP contribution in [-0.4, -0.2) is 11.6 Å². The number of halogens is 1. The van der Waals surface area contributed by atoms with E-state index in [1.807, 2.05) is 60.8 Å². The van der Waals surface area contributed by atoms with Gasteiger partial charge in [0, 0.05) is 22.3 Å². The van der Waals surface area contributed by atoms with Crippen molar-refractivity contribution in [2.75, 3.05) is 6.61 Å². The third kappa shape index (κ3) is 6.02. The summed E-state index contributed by atoms with van der Waals surface area (Å²) in [6, 6.07) is 17.8. The zero-order chi connectivity index (χ0) is 22.3. The number of aryl methyl sites for hydroxylation is 1. The first-order chi connectivity index (χ1) is 15.6. The molecule has 0 N–H and O–H groups in total. The molecule has 1 saturated carbocycles. The van der Waals surface area contributed by atoms with Gasteiger partial charge in [-0.2, -0.15) is 0 Å². The lowest BCUT2D eigenvalue weighted by Gasteiger charge is -2.15. The predicted molar refractivity (Wildman–Crippen MR) is 133 cm³/mol. The number of allylic oxidation sites excluding steroid dienone is 1. The monoisotopic (exact) mass is 441 g/mol. The van der Waals surface area contributed by atoms with Gasteiger partial charge in [0.05, 0.1) is 6.61 Å². The Bertz CT molecular complexity index is 1120. The van der Waals surface area contributed by atoms with Crippen molar-refractivity contribution < 1.29 is 4.74 Å². The summed E-state index contributed by atoms with van der Waals surface area (Å²) in [6.45, 7) is 6.72. The Kier molecular flexibility index (Phi) is 7.30. The molecule has 0 aliphatic heterocycles. The van der Waals surface area contributed by atoms with Crippen LogP contribution in [-0.2, 0) is 0 Å². The summed E-state index contributed by atoms with van der Waals surface area (Å²) in [5.41, 5.74) is 4.94. The standard InChI is InChI=1S/C29H28ClNO/c1-3-4-23(24-7-8-24)17-18-32-29-16-6-22(19-21(29)2)5-14-28-15-11-26(20-31-28)25-9-12-27(30)13-10-25/h3,6,9-13,15-16,19-20,23-24H,1,4,7-8,17-18H2,2H3. The summed E-state index contributed by atoms with van der Waals surface area (Å²) >= 11 is 5.96. The second kappa shape index (κ2) is 10.5. The summed E-state index contributed by atoms with van der Waals surface area (Å²) in [5, 5.41) is 0.728. The summed E-state index contributed by atoms with van der Waals surface area (Å²) in [5.74, 6) is 8.90. The van der Waals surface area contributed by atoms with Gasteiger partial charge in [0.1, 0.15) is 11.4 Å². The summed E-state index contributed by atoms with van der Waals surface area (Å²) in [6.07, 6.45) is 8.80. The Morgan fingerprint density at radius 3 is 2.53 bits per heavy atom. The highest BCUT2D eigenvalue weighted by atomic mass is 35.5. The highest BCUT2D eigenvalue weighted by molar-refractivity contribution is 6.30. The van der Waals surface area contributed by atoms with Crippen molar-refractivity contribution in [1.82, 2.24) is 4.98 Å². The molecule has 32 heavy (non-hydrogen) atoms. The molecule has 3 aromatic rings. The highest BCUT2D eigenvalue weighted by Crippen LogP contribution is 2.40. The van der Waals surface area contributed by atoms with Crippen LogP contribution in [0.5, 0.6) is 5.75 Å². The van der Waals surface area contributed by atoms with Gasteiger partial charge in [-0.15, -0.1) is 6.58 Å². The molecule has 3 heteroatoms. The number of ether oxygens (including phenoxy) is 1. The van der Waals surface area contributed by atoms with E-state index in [0.29, 0.717) is 0 Å². The van der Waals surface area contributed by atoms with Crippen molar-refractivity contribution in [3.63, 3.8) is 0 Å². The number of benzene rings is 2. The maximum Gasteiger partial charge on any atom is 0.122 e. The summed E-state index contributed by atoms with van der Waals surface area (Å²) in [4.78, 5) is 4.49. The number of hydrogen-bond donors (Lipinski definition) is 0. The second-order valence-electron chi connectivity index (χ2n) is 8.43. The molecule has 0 saturated heterocycles. The van der Waals surface area contributed by atoms with E-state index in [4.69, 9.17) is 16.3 Å². The van der Waals surface area contributed by atoms with E-state index < -0.39 is 0 Å². The molecule has 4 rings (SSSR count). The van der Waals surface area contributed by atoms with E-state index in [0.717, 1.165) is 70.0 Å². The fourth-order valence-electron chi connectivity index (χ4n) is 3.95. The molecule has 0 amide bonds. The molecular weight excluding hydrogens is 414 g/mol. The number of nitrogens with zero attached hydrogens (tertiary/aromatic N) is 1. The number of rotatable bonds is 8. The van der Waals surface area contributed by atoms with Crippen molar-refractivity contribution in [2.24, 2.45) is 11.8 Å². The molecule has 0 radical (unpaired) electrons. The van der Waals surface area contributed by atoms with Crippen molar-refractivity contribution in [3.05, 3.63) is 95.3 Å². The van der Waals surface area contributed by atoms with Crippen LogP contribution in [0, 0.1) is 30.6 Å². The fraction of sp³-hybridized carbons (Fsp3) is 0.276. The molecule has 1 aliphatic rings. The lowest BCUT2D eigenvalue weighted by atomic mass is 9.96. The molecule has 2 nitrogen and oxygen atoms in total. The lowest BCUT2D eigenvalue weighted by Crippen LogP contribution is -2.09. The van der Waals surface area contributed by atoms with E-state index in [-0.39, 0.29) is 0 Å². The van der Waals surface area contributed by atoms with Crippen LogP contribution < -0.4 is 4.74 Å². The third-order valence-corrected chi connectivity index (χ3v) is 6.21. The van der Waals surface area contributed by atoms with Gasteiger partial charge in [0.15, 0.2) is 0 Å². The largest absolute Gasteiger partial charge is 0.493 e. The molecule has 1 fully saturated rings. The highest BCUT2D eigenvalue weighted by Gasteiger charge is 2.29. The maximum atomic E-state index is 6.07. The smallest absolute Gasteiger partial charge is 0.122 e. The number of hydrogen-bond acceptors (Lipinski definition) is 2. The first-order valence-electron chi connectivity index (χ1n) is 11.2. The fourth-order valence-corrected chi connectivity index (χ4v) is 4.08. The van der Waals surface area contributed by atoms with Crippen molar-refractivity contribution in [2.45, 2.75) is 32.6 Å². The average molecular weight is 442 g/mol. The second-order valence-corrected chi connectivity index (χ2v) is 8.86. The Morgan fingerprint density at radius 1 is 1.09 bits per heavy atom. The predicted octanol–water partition coefficient (Wildman–Crippen LogP) is 7.48. The van der Waals surface area contributed by atoms with E-state index in [2.05, 4.69) is 36.4 Å². The van der Waals surface area contributed by atoms with Gasteiger partial charge in [0.2, 0.25) is 0 Å². The van der Waals surface area contributed by atoms with Gasteiger partial charge in [0.25, 0.3) is 0 Å². The van der Waals surface area contributed by atoms with E-state index in [1.165, 1.54) is 12.8 Å². The Labute approximate surface area is 196 Å². The third-order valence-electron chi connectivity index (χ3n) is 5.96. The van der Waals surface area contributed by atoms with Crippen LogP contribution in [0.2, 0.25) is 5.02 Å². The Morgan fingerprint density at radius 2 is 1.88 bits per heavy atom. The van der Waals surface area contributed by atoms with Gasteiger partial charge in [-0.05, 0) is 97.9 Å². The lowest BCUT2D eigenvalue weighted by molar-refractivity contribution is 0.265. The summed E-state index contributed by atoms with van der Waals surface area (Å²) in [7, 11) is 0. The number of pyridine rings is 1. The van der Waals surface area contributed by atoms with Crippen LogP contribution >= 0.6 is 11.6 Å². The van der Waals surface area contributed by atoms with Crippen LogP contribution in [0.1, 0.15) is 42.5 Å². The minimum absolute atomic E-state index is 0.719. The zero-order valence-corrected chi connectivity index (χ0v) is 19.2. The normalized spacial score (nSPS) is 13.7. The molecular formula is C29H28ClNO. The van der Waals surface area contributed by atoms with Crippen LogP contribution in [0.4, 0.5) is 0 Å². The summed E-state index contributed by atoms with van der Waals surface area (Å²) < 4.78 is 6.07. The molecule has 1 aliphatic carbocycles. The SMILES string of the molecule is C=CCC(CCOc1ccc(C#Cc2ccc(-c3ccc(Cl)cc3)cn2)cc1C)C1CC1. The minimum atomic E-state index is 0.719. The Hall–Kier alpha value is -3.02. The molecule has 1 aromatic heterocycles. The van der Waals surface area contributed by atoms with Gasteiger partial charge in [-0.1, -0.05) is 41.8 Å². The van der Waals surface area contributed by atoms with E-state index in [1.54, 1.807) is 0 Å². The molecule has 1 unspecified atom stereocenters. The first kappa shape index (κ1) is 22.2. The Balaban J connectivity index is 1.35. The van der Waals surface area contributed by atoms with Crippen molar-refractivity contribution >= 4 is 11.6 Å². The van der Waals surface area contributed by atoms with E-state index in [9.17, 15) is 0 Å². The first-order valence-corrected chi connectivity index (χ1v) is 11.6. The van der Waals surface area contributed by atoms with Gasteiger partial charge >= 0.3 is 0 Å². The molecule has 1 atom stereocenters. The van der Waals surface area contributed by atoms with E-state index >= 15 is 0 Å². The average Bonchev–Trinajstić information content (AvgIpc) is 3.65. The molecule has 1 heterocycles. The van der Waals surface area contributed by atoms with Gasteiger partial charge in [-0.25, -0.2) is 4.98 Å². The van der Waals surface area contributed by atoms with Gasteiger partial charge < -0.3 is 4.74 Å². The van der Waals surface area contributed by atoms with Gasteiger partial charge in [-0.3, -0.25) is 0 Å². The molecule has 162 valence electrons. The minimum Gasteiger partial charge on any atom is -0.493 e. The zero-order valence-electron chi connectivity index (χ0n) is 18.5. The van der Waals surface area contributed by atoms with Crippen molar-refractivity contribution in [1.29, 1.82) is 0 Å². The topological polar surface area (TPSA) is 22.1 Å². The quantitative estimate of drug-likeness (QED) is 0.267. The van der Waals surface area contributed by atoms with Crippen LogP contribution in [0.25, 0.3) is 11.1 Å². The van der Waals surface area contributed by atoms with Crippen molar-refractivity contribution in [3.8, 4) is 28.7 Å². The maximum absolute atomic E-state index is 6.07. The van der Waals surface area contributed by atoms with Crippen LogP contribution in [0.15, 0.2) is 73.4 Å².